The quantitative estimate of drug-likeness (QED) is 0.346. The molecule has 3 aromatic carbocycles. The van der Waals surface area contributed by atoms with E-state index in [0.717, 1.165) is 28.2 Å². The largest absolute Gasteiger partial charge is 0.497 e. The first-order valence-corrected chi connectivity index (χ1v) is 10.8. The predicted octanol–water partition coefficient (Wildman–Crippen LogP) is 4.33. The molecule has 0 saturated heterocycles. The fourth-order valence-corrected chi connectivity index (χ4v) is 3.72. The molecular formula is C27H30O6. The lowest BCUT2D eigenvalue weighted by Gasteiger charge is -2.36. The molecule has 1 N–H and O–H groups in total. The molecule has 6 nitrogen and oxygen atoms in total. The average Bonchev–Trinajstić information content (AvgIpc) is 2.85. The molecular weight excluding hydrogens is 420 g/mol. The van der Waals surface area contributed by atoms with E-state index in [0.29, 0.717) is 0 Å². The second-order valence-corrected chi connectivity index (χ2v) is 7.60. The van der Waals surface area contributed by atoms with E-state index in [1.807, 2.05) is 78.9 Å². The Morgan fingerprint density at radius 2 is 1.30 bits per heavy atom. The number of hydrogen-bond acceptors (Lipinski definition) is 6. The van der Waals surface area contributed by atoms with Crippen LogP contribution in [0.2, 0.25) is 0 Å². The van der Waals surface area contributed by atoms with Crippen LogP contribution >= 0.6 is 0 Å². The topological polar surface area (TPSA) is 74.2 Å². The Hall–Kier alpha value is -3.35. The Kier molecular flexibility index (Phi) is 8.46. The van der Waals surface area contributed by atoms with Gasteiger partial charge >= 0.3 is 5.97 Å². The molecule has 0 saturated carbocycles. The minimum absolute atomic E-state index is 0.0359. The van der Waals surface area contributed by atoms with Crippen molar-refractivity contribution in [1.82, 2.24) is 0 Å². The average molecular weight is 451 g/mol. The fraction of sp³-hybridized carbons (Fsp3) is 0.296. The van der Waals surface area contributed by atoms with Crippen molar-refractivity contribution in [3.8, 4) is 11.5 Å². The molecule has 3 aromatic rings. The lowest BCUT2D eigenvalue weighted by atomic mass is 9.80. The molecule has 0 heterocycles. The van der Waals surface area contributed by atoms with Gasteiger partial charge in [0.05, 0.1) is 33.5 Å². The lowest BCUT2D eigenvalue weighted by molar-refractivity contribution is -0.142. The van der Waals surface area contributed by atoms with E-state index in [-0.39, 0.29) is 25.6 Å². The number of esters is 1. The number of methoxy groups -OCH3 is 2. The van der Waals surface area contributed by atoms with Crippen molar-refractivity contribution in [1.29, 1.82) is 0 Å². The molecule has 0 aliphatic rings. The molecule has 0 aliphatic carbocycles. The number of ether oxygens (including phenoxy) is 4. The number of hydrogen-bond donors (Lipinski definition) is 1. The van der Waals surface area contributed by atoms with Crippen LogP contribution in [-0.4, -0.2) is 44.6 Å². The summed E-state index contributed by atoms with van der Waals surface area (Å²) in [5, 5.41) is 10.6. The molecule has 1 unspecified atom stereocenters. The SMILES string of the molecule is COc1ccc(C(OCC(O)CCOC(C)=O)(c2ccccc2)c2ccc(OC)cc2)cc1. The second-order valence-electron chi connectivity index (χ2n) is 7.60. The summed E-state index contributed by atoms with van der Waals surface area (Å²) < 4.78 is 22.2. The molecule has 0 bridgehead atoms. The number of carbonyl (C=O) groups is 1. The highest BCUT2D eigenvalue weighted by Crippen LogP contribution is 2.41. The number of rotatable bonds is 11. The van der Waals surface area contributed by atoms with E-state index in [2.05, 4.69) is 0 Å². The van der Waals surface area contributed by atoms with Crippen molar-refractivity contribution in [2.24, 2.45) is 0 Å². The predicted molar refractivity (Wildman–Crippen MR) is 126 cm³/mol. The summed E-state index contributed by atoms with van der Waals surface area (Å²) in [6.45, 7) is 1.51. The highest BCUT2D eigenvalue weighted by molar-refractivity contribution is 5.65. The first-order chi connectivity index (χ1) is 16.0. The molecule has 33 heavy (non-hydrogen) atoms. The lowest BCUT2D eigenvalue weighted by Crippen LogP contribution is -2.36. The van der Waals surface area contributed by atoms with Crippen LogP contribution in [0.5, 0.6) is 11.5 Å². The van der Waals surface area contributed by atoms with Crippen molar-refractivity contribution in [2.75, 3.05) is 27.4 Å². The third-order valence-corrected chi connectivity index (χ3v) is 5.42. The van der Waals surface area contributed by atoms with Crippen LogP contribution in [0.3, 0.4) is 0 Å². The Labute approximate surface area is 194 Å². The van der Waals surface area contributed by atoms with E-state index < -0.39 is 11.7 Å². The Bertz CT molecular complexity index is 952. The summed E-state index contributed by atoms with van der Waals surface area (Å²) in [6.07, 6.45) is -0.542. The van der Waals surface area contributed by atoms with E-state index in [9.17, 15) is 9.90 Å². The summed E-state index contributed by atoms with van der Waals surface area (Å²) in [5.41, 5.74) is 1.67. The normalized spacial score (nSPS) is 12.1. The van der Waals surface area contributed by atoms with Gasteiger partial charge in [-0.25, -0.2) is 0 Å². The zero-order chi connectivity index (χ0) is 23.7. The molecule has 0 amide bonds. The number of carbonyl (C=O) groups excluding carboxylic acids is 1. The molecule has 1 atom stereocenters. The highest BCUT2D eigenvalue weighted by Gasteiger charge is 2.38. The van der Waals surface area contributed by atoms with Crippen molar-refractivity contribution >= 4 is 5.97 Å². The van der Waals surface area contributed by atoms with Crippen molar-refractivity contribution < 1.29 is 28.8 Å². The monoisotopic (exact) mass is 450 g/mol. The van der Waals surface area contributed by atoms with Gasteiger partial charge < -0.3 is 24.1 Å². The van der Waals surface area contributed by atoms with Gasteiger partial charge in [-0.15, -0.1) is 0 Å². The number of benzene rings is 3. The maximum Gasteiger partial charge on any atom is 0.302 e. The molecule has 3 rings (SSSR count). The third-order valence-electron chi connectivity index (χ3n) is 5.42. The van der Waals surface area contributed by atoms with Gasteiger partial charge in [0.2, 0.25) is 0 Å². The zero-order valence-electron chi connectivity index (χ0n) is 19.2. The minimum atomic E-state index is -0.998. The minimum Gasteiger partial charge on any atom is -0.497 e. The molecule has 0 fully saturated rings. The number of aliphatic hydroxyl groups is 1. The van der Waals surface area contributed by atoms with Gasteiger partial charge in [0.15, 0.2) is 0 Å². The van der Waals surface area contributed by atoms with Gasteiger partial charge in [-0.2, -0.15) is 0 Å². The molecule has 0 aliphatic heterocycles. The summed E-state index contributed by atoms with van der Waals surface area (Å²) in [6, 6.07) is 25.2. The van der Waals surface area contributed by atoms with Gasteiger partial charge in [0, 0.05) is 13.3 Å². The highest BCUT2D eigenvalue weighted by atomic mass is 16.5. The van der Waals surface area contributed by atoms with Gasteiger partial charge in [-0.3, -0.25) is 4.79 Å². The van der Waals surface area contributed by atoms with Gasteiger partial charge in [-0.1, -0.05) is 54.6 Å². The van der Waals surface area contributed by atoms with E-state index in [1.54, 1.807) is 14.2 Å². The van der Waals surface area contributed by atoms with Crippen molar-refractivity contribution in [3.05, 3.63) is 95.6 Å². The van der Waals surface area contributed by atoms with E-state index >= 15 is 0 Å². The van der Waals surface area contributed by atoms with Gasteiger partial charge in [0.25, 0.3) is 0 Å². The Balaban J connectivity index is 2.05. The first-order valence-electron chi connectivity index (χ1n) is 10.8. The van der Waals surface area contributed by atoms with Gasteiger partial charge in [0.1, 0.15) is 17.1 Å². The van der Waals surface area contributed by atoms with Crippen LogP contribution in [-0.2, 0) is 19.9 Å². The van der Waals surface area contributed by atoms with Crippen LogP contribution in [0.25, 0.3) is 0 Å². The Morgan fingerprint density at radius 1 is 0.818 bits per heavy atom. The van der Waals surface area contributed by atoms with Crippen molar-refractivity contribution in [2.45, 2.75) is 25.0 Å². The van der Waals surface area contributed by atoms with Crippen LogP contribution in [0.4, 0.5) is 0 Å². The summed E-state index contributed by atoms with van der Waals surface area (Å²) in [7, 11) is 3.25. The molecule has 174 valence electrons. The van der Waals surface area contributed by atoms with E-state index in [4.69, 9.17) is 18.9 Å². The second kappa shape index (κ2) is 11.5. The van der Waals surface area contributed by atoms with Crippen LogP contribution in [0, 0.1) is 0 Å². The maximum absolute atomic E-state index is 11.0. The first kappa shape index (κ1) is 24.3. The van der Waals surface area contributed by atoms with Gasteiger partial charge in [-0.05, 0) is 41.0 Å². The smallest absolute Gasteiger partial charge is 0.302 e. The van der Waals surface area contributed by atoms with Crippen LogP contribution in [0.1, 0.15) is 30.0 Å². The molecule has 0 aromatic heterocycles. The van der Waals surface area contributed by atoms with Crippen LogP contribution in [0.15, 0.2) is 78.9 Å². The summed E-state index contributed by atoms with van der Waals surface area (Å²) >= 11 is 0. The fourth-order valence-electron chi connectivity index (χ4n) is 3.72. The van der Waals surface area contributed by atoms with E-state index in [1.165, 1.54) is 6.92 Å². The molecule has 0 spiro atoms. The third kappa shape index (κ3) is 5.92. The standard InChI is InChI=1S/C27H30O6/c1-20(28)32-18-17-24(29)19-33-27(21-7-5-4-6-8-21,22-9-13-25(30-2)14-10-22)23-11-15-26(31-3)16-12-23/h4-16,24,29H,17-19H2,1-3H3. The molecule has 6 heteroatoms. The summed E-state index contributed by atoms with van der Waals surface area (Å²) in [4.78, 5) is 11.0. The summed E-state index contributed by atoms with van der Waals surface area (Å²) in [5.74, 6) is 1.09. The molecule has 0 radical (unpaired) electrons. The zero-order valence-corrected chi connectivity index (χ0v) is 19.2. The number of aliphatic hydroxyl groups excluding tert-OH is 1. The van der Waals surface area contributed by atoms with Crippen molar-refractivity contribution in [3.63, 3.8) is 0 Å². The van der Waals surface area contributed by atoms with Crippen LogP contribution < -0.4 is 9.47 Å². The maximum atomic E-state index is 11.0. The Morgan fingerprint density at radius 3 is 1.76 bits per heavy atom.